The molecule has 0 amide bonds. The maximum absolute atomic E-state index is 4.49. The second-order valence-corrected chi connectivity index (χ2v) is 5.42. The first-order chi connectivity index (χ1) is 9.60. The Morgan fingerprint density at radius 1 is 1.15 bits per heavy atom. The van der Waals surface area contributed by atoms with Crippen molar-refractivity contribution in [2.24, 2.45) is 7.05 Å². The summed E-state index contributed by atoms with van der Waals surface area (Å²) < 4.78 is 3.84. The largest absolute Gasteiger partial charge is 0.348 e. The topological polar surface area (TPSA) is 60.0 Å². The minimum Gasteiger partial charge on any atom is -0.348 e. The van der Waals surface area contributed by atoms with Gasteiger partial charge in [0.05, 0.1) is 17.6 Å². The summed E-state index contributed by atoms with van der Waals surface area (Å²) in [7, 11) is 1.91. The second-order valence-electron chi connectivity index (χ2n) is 4.64. The molecular weight excluding hydrogens is 272 g/mol. The van der Waals surface area contributed by atoms with Gasteiger partial charge in [0, 0.05) is 25.1 Å². The molecule has 3 aromatic heterocycles. The van der Waals surface area contributed by atoms with Crippen LogP contribution >= 0.6 is 11.8 Å². The summed E-state index contributed by atoms with van der Waals surface area (Å²) in [6.45, 7) is 4.00. The number of nitrogens with zero attached hydrogens (tertiary/aromatic N) is 5. The molecule has 0 aliphatic rings. The summed E-state index contributed by atoms with van der Waals surface area (Å²) in [6.07, 6.45) is 7.64. The molecular formula is C13H16N6S. The van der Waals surface area contributed by atoms with Gasteiger partial charge in [-0.05, 0) is 20.1 Å². The number of rotatable bonds is 3. The predicted molar refractivity (Wildman–Crippen MR) is 80.7 cm³/mol. The lowest BCUT2D eigenvalue weighted by Gasteiger charge is -2.09. The van der Waals surface area contributed by atoms with E-state index in [1.807, 2.05) is 45.7 Å². The zero-order valence-electron chi connectivity index (χ0n) is 11.9. The fraction of sp³-hybridized carbons (Fsp3) is 0.308. The molecule has 104 valence electrons. The van der Waals surface area contributed by atoms with Crippen molar-refractivity contribution in [2.45, 2.75) is 19.0 Å². The monoisotopic (exact) mass is 288 g/mol. The van der Waals surface area contributed by atoms with Gasteiger partial charge >= 0.3 is 0 Å². The Bertz CT molecular complexity index is 773. The third-order valence-corrected chi connectivity index (χ3v) is 3.79. The molecule has 0 aromatic carbocycles. The van der Waals surface area contributed by atoms with Crippen LogP contribution in [0.3, 0.4) is 0 Å². The molecule has 20 heavy (non-hydrogen) atoms. The van der Waals surface area contributed by atoms with Crippen molar-refractivity contribution in [3.63, 3.8) is 0 Å². The Morgan fingerprint density at radius 2 is 1.95 bits per heavy atom. The van der Waals surface area contributed by atoms with Crippen LogP contribution in [-0.4, -0.2) is 30.4 Å². The average molecular weight is 288 g/mol. The number of thioether (sulfide) groups is 1. The van der Waals surface area contributed by atoms with Gasteiger partial charge in [-0.1, -0.05) is 11.8 Å². The molecule has 7 heteroatoms. The summed E-state index contributed by atoms with van der Waals surface area (Å²) in [5.74, 6) is 0. The van der Waals surface area contributed by atoms with Crippen LogP contribution in [0.2, 0.25) is 0 Å². The standard InChI is InChI=1S/C13H16N6S/c1-8-5-14-12-10(6-15-13(20-4)19(8)12)16-11-7-18(3)17-9(11)2/h5-7,16H,1-4H3. The summed E-state index contributed by atoms with van der Waals surface area (Å²) in [5, 5.41) is 8.62. The zero-order chi connectivity index (χ0) is 14.3. The van der Waals surface area contributed by atoms with E-state index in [0.717, 1.165) is 33.6 Å². The maximum Gasteiger partial charge on any atom is 0.173 e. The average Bonchev–Trinajstić information content (AvgIpc) is 2.95. The first kappa shape index (κ1) is 13.0. The van der Waals surface area contributed by atoms with E-state index in [9.17, 15) is 0 Å². The molecule has 3 rings (SSSR count). The van der Waals surface area contributed by atoms with Gasteiger partial charge in [-0.2, -0.15) is 5.10 Å². The quantitative estimate of drug-likeness (QED) is 0.593. The SMILES string of the molecule is CSc1ncc(Nc2cn(C)nc2C)c2ncc(C)n12. The van der Waals surface area contributed by atoms with Crippen molar-refractivity contribution in [1.82, 2.24) is 24.1 Å². The third kappa shape index (κ3) is 2.03. The lowest BCUT2D eigenvalue weighted by Crippen LogP contribution is -2.01. The van der Waals surface area contributed by atoms with Crippen molar-refractivity contribution in [1.29, 1.82) is 0 Å². The predicted octanol–water partition coefficient (Wildman–Crippen LogP) is 2.55. The fourth-order valence-corrected chi connectivity index (χ4v) is 2.77. The fourth-order valence-electron chi connectivity index (χ4n) is 2.20. The molecule has 0 atom stereocenters. The highest BCUT2D eigenvalue weighted by Crippen LogP contribution is 2.26. The summed E-state index contributed by atoms with van der Waals surface area (Å²) in [6, 6.07) is 0. The van der Waals surface area contributed by atoms with Gasteiger partial charge < -0.3 is 5.32 Å². The van der Waals surface area contributed by atoms with Gasteiger partial charge in [-0.25, -0.2) is 9.97 Å². The number of aryl methyl sites for hydroxylation is 3. The van der Waals surface area contributed by atoms with Crippen molar-refractivity contribution >= 4 is 28.8 Å². The molecule has 6 nitrogen and oxygen atoms in total. The van der Waals surface area contributed by atoms with Crippen LogP contribution in [0.1, 0.15) is 11.4 Å². The number of hydrogen-bond donors (Lipinski definition) is 1. The molecule has 3 aromatic rings. The zero-order valence-corrected chi connectivity index (χ0v) is 12.7. The third-order valence-electron chi connectivity index (χ3n) is 3.14. The Balaban J connectivity index is 2.11. The number of nitrogens with one attached hydrogen (secondary N) is 1. The van der Waals surface area contributed by atoms with E-state index in [-0.39, 0.29) is 0 Å². The molecule has 3 heterocycles. The molecule has 1 N–H and O–H groups in total. The Labute approximate surface area is 121 Å². The summed E-state index contributed by atoms with van der Waals surface area (Å²) >= 11 is 1.61. The Morgan fingerprint density at radius 3 is 2.60 bits per heavy atom. The highest BCUT2D eigenvalue weighted by molar-refractivity contribution is 7.98. The van der Waals surface area contributed by atoms with E-state index in [4.69, 9.17) is 0 Å². The van der Waals surface area contributed by atoms with Gasteiger partial charge in [0.15, 0.2) is 10.8 Å². The van der Waals surface area contributed by atoms with E-state index in [1.54, 1.807) is 16.4 Å². The van der Waals surface area contributed by atoms with E-state index in [2.05, 4.69) is 24.8 Å². The van der Waals surface area contributed by atoms with Crippen LogP contribution in [0.4, 0.5) is 11.4 Å². The van der Waals surface area contributed by atoms with Gasteiger partial charge in [0.25, 0.3) is 0 Å². The van der Waals surface area contributed by atoms with E-state index < -0.39 is 0 Å². The highest BCUT2D eigenvalue weighted by atomic mass is 32.2. The Kier molecular flexibility index (Phi) is 3.13. The molecule has 0 fully saturated rings. The maximum atomic E-state index is 4.49. The van der Waals surface area contributed by atoms with Crippen molar-refractivity contribution in [3.8, 4) is 0 Å². The van der Waals surface area contributed by atoms with Crippen molar-refractivity contribution in [3.05, 3.63) is 30.0 Å². The summed E-state index contributed by atoms with van der Waals surface area (Å²) in [5.41, 5.74) is 4.75. The Hall–Kier alpha value is -2.02. The second kappa shape index (κ2) is 4.82. The number of hydrogen-bond acceptors (Lipinski definition) is 5. The van der Waals surface area contributed by atoms with Crippen LogP contribution in [0.5, 0.6) is 0 Å². The summed E-state index contributed by atoms with van der Waals surface area (Å²) in [4.78, 5) is 8.97. The first-order valence-corrected chi connectivity index (χ1v) is 7.47. The molecule has 0 aliphatic heterocycles. The minimum atomic E-state index is 0.880. The van der Waals surface area contributed by atoms with Crippen molar-refractivity contribution < 1.29 is 0 Å². The van der Waals surface area contributed by atoms with Crippen LogP contribution in [0.15, 0.2) is 23.7 Å². The van der Waals surface area contributed by atoms with Gasteiger partial charge in [0.1, 0.15) is 5.69 Å². The van der Waals surface area contributed by atoms with Crippen LogP contribution in [0, 0.1) is 13.8 Å². The number of imidazole rings is 1. The lowest BCUT2D eigenvalue weighted by atomic mass is 10.3. The first-order valence-electron chi connectivity index (χ1n) is 6.24. The van der Waals surface area contributed by atoms with E-state index in [0.29, 0.717) is 0 Å². The molecule has 0 aliphatic carbocycles. The van der Waals surface area contributed by atoms with E-state index in [1.165, 1.54) is 0 Å². The van der Waals surface area contributed by atoms with E-state index >= 15 is 0 Å². The molecule has 0 unspecified atom stereocenters. The molecule has 0 radical (unpaired) electrons. The molecule has 0 saturated heterocycles. The molecule has 0 spiro atoms. The van der Waals surface area contributed by atoms with Gasteiger partial charge in [0.2, 0.25) is 0 Å². The van der Waals surface area contributed by atoms with Crippen LogP contribution in [-0.2, 0) is 7.05 Å². The van der Waals surface area contributed by atoms with Crippen LogP contribution < -0.4 is 5.32 Å². The molecule has 0 bridgehead atoms. The van der Waals surface area contributed by atoms with Gasteiger partial charge in [-0.3, -0.25) is 9.08 Å². The number of anilines is 2. The smallest absolute Gasteiger partial charge is 0.173 e. The number of fused-ring (bicyclic) bond motifs is 1. The highest BCUT2D eigenvalue weighted by Gasteiger charge is 2.12. The molecule has 0 saturated carbocycles. The van der Waals surface area contributed by atoms with Crippen LogP contribution in [0.25, 0.3) is 5.65 Å². The minimum absolute atomic E-state index is 0.880. The normalized spacial score (nSPS) is 11.2. The van der Waals surface area contributed by atoms with Crippen molar-refractivity contribution in [2.75, 3.05) is 11.6 Å². The lowest BCUT2D eigenvalue weighted by molar-refractivity contribution is 0.756. The van der Waals surface area contributed by atoms with Gasteiger partial charge in [-0.15, -0.1) is 0 Å². The number of aromatic nitrogens is 5.